The van der Waals surface area contributed by atoms with E-state index in [1.54, 1.807) is 14.2 Å². The number of carbonyl (C=O) groups excluding carboxylic acids is 1. The first-order valence-electron chi connectivity index (χ1n) is 6.92. The van der Waals surface area contributed by atoms with Crippen LogP contribution in [0.1, 0.15) is 37.7 Å². The number of rotatable bonds is 5. The third kappa shape index (κ3) is 2.98. The van der Waals surface area contributed by atoms with Crippen LogP contribution in [0.2, 0.25) is 0 Å². The highest BCUT2D eigenvalue weighted by molar-refractivity contribution is 5.89. The number of para-hydroxylation sites is 1. The van der Waals surface area contributed by atoms with Gasteiger partial charge >= 0.3 is 0 Å². The molecular weight excluding hydrogens is 240 g/mol. The number of hydrogen-bond acceptors (Lipinski definition) is 3. The zero-order valence-electron chi connectivity index (χ0n) is 11.8. The van der Waals surface area contributed by atoms with Crippen molar-refractivity contribution in [3.63, 3.8) is 0 Å². The quantitative estimate of drug-likeness (QED) is 0.817. The lowest BCUT2D eigenvalue weighted by molar-refractivity contribution is -0.144. The topological polar surface area (TPSA) is 35.5 Å². The van der Waals surface area contributed by atoms with Crippen molar-refractivity contribution in [2.24, 2.45) is 0 Å². The van der Waals surface area contributed by atoms with Crippen LogP contribution in [0, 0.1) is 0 Å². The molecular formula is C16H22O3. The molecule has 3 nitrogen and oxygen atoms in total. The SMILES string of the molecule is COc1ccccc1CC(=O)C1(OC)CCCCC1. The number of methoxy groups -OCH3 is 2. The van der Waals surface area contributed by atoms with E-state index in [0.717, 1.165) is 37.0 Å². The third-order valence-corrected chi connectivity index (χ3v) is 4.10. The van der Waals surface area contributed by atoms with Gasteiger partial charge in [0, 0.05) is 19.1 Å². The molecule has 0 heterocycles. The van der Waals surface area contributed by atoms with Crippen LogP contribution in [0.15, 0.2) is 24.3 Å². The van der Waals surface area contributed by atoms with E-state index < -0.39 is 5.60 Å². The highest BCUT2D eigenvalue weighted by Gasteiger charge is 2.39. The van der Waals surface area contributed by atoms with Crippen LogP contribution >= 0.6 is 0 Å². The van der Waals surface area contributed by atoms with Crippen molar-refractivity contribution < 1.29 is 14.3 Å². The Labute approximate surface area is 114 Å². The highest BCUT2D eigenvalue weighted by Crippen LogP contribution is 2.33. The zero-order valence-corrected chi connectivity index (χ0v) is 11.8. The van der Waals surface area contributed by atoms with E-state index in [9.17, 15) is 4.79 Å². The first-order chi connectivity index (χ1) is 9.22. The molecule has 0 amide bonds. The molecule has 0 bridgehead atoms. The smallest absolute Gasteiger partial charge is 0.169 e. The van der Waals surface area contributed by atoms with Crippen LogP contribution in [0.25, 0.3) is 0 Å². The van der Waals surface area contributed by atoms with E-state index in [1.165, 1.54) is 6.42 Å². The lowest BCUT2D eigenvalue weighted by Gasteiger charge is -2.34. The normalized spacial score (nSPS) is 18.0. The van der Waals surface area contributed by atoms with Gasteiger partial charge in [-0.1, -0.05) is 37.5 Å². The fourth-order valence-corrected chi connectivity index (χ4v) is 2.90. The van der Waals surface area contributed by atoms with E-state index in [0.29, 0.717) is 6.42 Å². The second-order valence-electron chi connectivity index (χ2n) is 5.17. The molecule has 3 heteroatoms. The van der Waals surface area contributed by atoms with Gasteiger partial charge in [-0.3, -0.25) is 4.79 Å². The second kappa shape index (κ2) is 6.20. The number of benzene rings is 1. The fraction of sp³-hybridized carbons (Fsp3) is 0.562. The Morgan fingerprint density at radius 2 is 1.84 bits per heavy atom. The summed E-state index contributed by atoms with van der Waals surface area (Å²) in [5.74, 6) is 0.956. The van der Waals surface area contributed by atoms with Gasteiger partial charge < -0.3 is 9.47 Å². The molecule has 2 rings (SSSR count). The molecule has 0 aliphatic heterocycles. The van der Waals surface area contributed by atoms with Gasteiger partial charge in [-0.15, -0.1) is 0 Å². The summed E-state index contributed by atoms with van der Waals surface area (Å²) >= 11 is 0. The minimum absolute atomic E-state index is 0.180. The summed E-state index contributed by atoms with van der Waals surface area (Å²) in [6, 6.07) is 7.69. The fourth-order valence-electron chi connectivity index (χ4n) is 2.90. The van der Waals surface area contributed by atoms with Crippen LogP contribution in [0.4, 0.5) is 0 Å². The summed E-state index contributed by atoms with van der Waals surface area (Å²) in [6.45, 7) is 0. The van der Waals surface area contributed by atoms with Gasteiger partial charge in [-0.05, 0) is 18.9 Å². The molecule has 0 unspecified atom stereocenters. The summed E-state index contributed by atoms with van der Waals surface area (Å²) in [7, 11) is 3.29. The Kier molecular flexibility index (Phi) is 4.59. The molecule has 1 aliphatic rings. The van der Waals surface area contributed by atoms with Gasteiger partial charge in [0.1, 0.15) is 11.4 Å². The molecule has 1 saturated carbocycles. The Balaban J connectivity index is 2.15. The van der Waals surface area contributed by atoms with Crippen LogP contribution in [-0.4, -0.2) is 25.6 Å². The van der Waals surface area contributed by atoms with Gasteiger partial charge in [0.2, 0.25) is 0 Å². The Morgan fingerprint density at radius 3 is 2.47 bits per heavy atom. The molecule has 104 valence electrons. The average Bonchev–Trinajstić information content (AvgIpc) is 2.48. The maximum absolute atomic E-state index is 12.6. The largest absolute Gasteiger partial charge is 0.496 e. The Bertz CT molecular complexity index is 433. The number of Topliss-reactive ketones (excluding diaryl/α,β-unsaturated/α-hetero) is 1. The lowest BCUT2D eigenvalue weighted by atomic mass is 9.79. The standard InChI is InChI=1S/C16H22O3/c1-18-14-9-5-4-8-13(14)12-15(17)16(19-2)10-6-3-7-11-16/h4-5,8-9H,3,6-7,10-12H2,1-2H3. The molecule has 1 aromatic rings. The van der Waals surface area contributed by atoms with Crippen molar-refractivity contribution in [1.82, 2.24) is 0 Å². The van der Waals surface area contributed by atoms with Crippen LogP contribution in [0.5, 0.6) is 5.75 Å². The maximum atomic E-state index is 12.6. The van der Waals surface area contributed by atoms with Gasteiger partial charge in [0.05, 0.1) is 7.11 Å². The van der Waals surface area contributed by atoms with Crippen molar-refractivity contribution in [2.45, 2.75) is 44.1 Å². The molecule has 0 N–H and O–H groups in total. The van der Waals surface area contributed by atoms with Gasteiger partial charge in [-0.2, -0.15) is 0 Å². The van der Waals surface area contributed by atoms with Crippen molar-refractivity contribution in [2.75, 3.05) is 14.2 Å². The van der Waals surface area contributed by atoms with Crippen molar-refractivity contribution in [1.29, 1.82) is 0 Å². The molecule has 0 radical (unpaired) electrons. The lowest BCUT2D eigenvalue weighted by Crippen LogP contribution is -2.43. The summed E-state index contributed by atoms with van der Waals surface area (Å²) < 4.78 is 10.9. The zero-order chi connectivity index (χ0) is 13.7. The Morgan fingerprint density at radius 1 is 1.16 bits per heavy atom. The van der Waals surface area contributed by atoms with Crippen LogP contribution < -0.4 is 4.74 Å². The third-order valence-electron chi connectivity index (χ3n) is 4.10. The molecule has 0 atom stereocenters. The van der Waals surface area contributed by atoms with Crippen LogP contribution in [-0.2, 0) is 16.0 Å². The number of ketones is 1. The summed E-state index contributed by atoms with van der Waals surface area (Å²) in [5.41, 5.74) is 0.371. The summed E-state index contributed by atoms with van der Waals surface area (Å²) in [5, 5.41) is 0. The van der Waals surface area contributed by atoms with E-state index >= 15 is 0 Å². The maximum Gasteiger partial charge on any atom is 0.169 e. The number of hydrogen-bond donors (Lipinski definition) is 0. The predicted molar refractivity (Wildman–Crippen MR) is 74.5 cm³/mol. The van der Waals surface area contributed by atoms with Crippen molar-refractivity contribution in [3.8, 4) is 5.75 Å². The monoisotopic (exact) mass is 262 g/mol. The molecule has 1 aromatic carbocycles. The predicted octanol–water partition coefficient (Wildman–Crippen LogP) is 3.16. The minimum Gasteiger partial charge on any atom is -0.496 e. The number of carbonyl (C=O) groups is 1. The van der Waals surface area contributed by atoms with E-state index in [1.807, 2.05) is 24.3 Å². The van der Waals surface area contributed by atoms with Crippen molar-refractivity contribution in [3.05, 3.63) is 29.8 Å². The highest BCUT2D eigenvalue weighted by atomic mass is 16.5. The van der Waals surface area contributed by atoms with Crippen molar-refractivity contribution >= 4 is 5.78 Å². The first kappa shape index (κ1) is 14.1. The number of ether oxygens (including phenoxy) is 2. The Hall–Kier alpha value is -1.35. The molecule has 0 spiro atoms. The first-order valence-corrected chi connectivity index (χ1v) is 6.92. The van der Waals surface area contributed by atoms with Gasteiger partial charge in [0.25, 0.3) is 0 Å². The minimum atomic E-state index is -0.570. The molecule has 1 fully saturated rings. The van der Waals surface area contributed by atoms with Gasteiger partial charge in [0.15, 0.2) is 5.78 Å². The van der Waals surface area contributed by atoms with Crippen LogP contribution in [0.3, 0.4) is 0 Å². The van der Waals surface area contributed by atoms with E-state index in [2.05, 4.69) is 0 Å². The summed E-state index contributed by atoms with van der Waals surface area (Å²) in [6.07, 6.45) is 5.43. The second-order valence-corrected chi connectivity index (χ2v) is 5.17. The molecule has 19 heavy (non-hydrogen) atoms. The van der Waals surface area contributed by atoms with Gasteiger partial charge in [-0.25, -0.2) is 0 Å². The summed E-state index contributed by atoms with van der Waals surface area (Å²) in [4.78, 5) is 12.6. The van der Waals surface area contributed by atoms with E-state index in [-0.39, 0.29) is 5.78 Å². The molecule has 1 aliphatic carbocycles. The average molecular weight is 262 g/mol. The molecule has 0 aromatic heterocycles. The molecule has 0 saturated heterocycles. The van der Waals surface area contributed by atoms with E-state index in [4.69, 9.17) is 9.47 Å².